The Morgan fingerprint density at radius 2 is 0.810 bits per heavy atom. The molecule has 0 saturated carbocycles. The van der Waals surface area contributed by atoms with E-state index in [1.165, 1.54) is 11.1 Å². The molecule has 2 heterocycles. The largest absolute Gasteiger partial charge is 0.457 e. The van der Waals surface area contributed by atoms with Crippen LogP contribution >= 0.6 is 0 Å². The minimum atomic E-state index is -0.552. The van der Waals surface area contributed by atoms with Crippen LogP contribution in [0.5, 0.6) is 11.5 Å². The zero-order valence-electron chi connectivity index (χ0n) is 31.3. The third-order valence-electron chi connectivity index (χ3n) is 10.9. The highest BCUT2D eigenvalue weighted by atomic mass is 16.5. The topological polar surface area (TPSA) is 71.7 Å². The van der Waals surface area contributed by atoms with Crippen LogP contribution in [0.4, 0.5) is 0 Å². The molecule has 8 aromatic carbocycles. The zero-order chi connectivity index (χ0) is 38.9. The molecule has 0 unspecified atom stereocenters. The second-order valence-electron chi connectivity index (χ2n) is 14.3. The van der Waals surface area contributed by atoms with Crippen molar-refractivity contribution in [3.63, 3.8) is 0 Å². The lowest BCUT2D eigenvalue weighted by Crippen LogP contribution is -2.34. The van der Waals surface area contributed by atoms with Crippen molar-refractivity contribution in [2.75, 3.05) is 0 Å². The summed E-state index contributed by atoms with van der Waals surface area (Å²) in [5, 5.41) is 9.34. The molecular formula is C53H34N4O. The molecule has 0 amide bonds. The molecule has 0 bridgehead atoms. The van der Waals surface area contributed by atoms with Gasteiger partial charge in [-0.05, 0) is 75.8 Å². The molecule has 1 aromatic heterocycles. The van der Waals surface area contributed by atoms with E-state index in [0.29, 0.717) is 23.0 Å². The van der Waals surface area contributed by atoms with Gasteiger partial charge in [0.05, 0.1) is 17.0 Å². The van der Waals surface area contributed by atoms with Crippen molar-refractivity contribution in [3.05, 3.63) is 234 Å². The van der Waals surface area contributed by atoms with E-state index in [2.05, 4.69) is 140 Å². The molecule has 0 radical (unpaired) electrons. The second kappa shape index (κ2) is 14.6. The van der Waals surface area contributed by atoms with E-state index >= 15 is 0 Å². The first-order valence-electron chi connectivity index (χ1n) is 19.2. The van der Waals surface area contributed by atoms with E-state index in [1.807, 2.05) is 60.7 Å². The maximum Gasteiger partial charge on any atom is 0.164 e. The molecule has 0 atom stereocenters. The highest BCUT2D eigenvalue weighted by Gasteiger charge is 2.45. The third kappa shape index (κ3) is 6.10. The van der Waals surface area contributed by atoms with Crippen LogP contribution < -0.4 is 4.74 Å². The van der Waals surface area contributed by atoms with Crippen molar-refractivity contribution in [1.29, 1.82) is 5.26 Å². The van der Waals surface area contributed by atoms with Gasteiger partial charge in [0.25, 0.3) is 0 Å². The van der Waals surface area contributed by atoms with Gasteiger partial charge in [0.15, 0.2) is 17.5 Å². The summed E-state index contributed by atoms with van der Waals surface area (Å²) < 4.78 is 6.74. The van der Waals surface area contributed by atoms with Crippen LogP contribution in [0.25, 0.3) is 56.4 Å². The average molecular weight is 743 g/mol. The van der Waals surface area contributed by atoms with E-state index in [1.54, 1.807) is 12.1 Å². The Hall–Kier alpha value is -7.94. The van der Waals surface area contributed by atoms with Gasteiger partial charge in [-0.25, -0.2) is 15.0 Å². The van der Waals surface area contributed by atoms with E-state index in [4.69, 9.17) is 19.7 Å². The molecule has 0 N–H and O–H groups in total. The lowest BCUT2D eigenvalue weighted by molar-refractivity contribution is 0.435. The first-order valence-corrected chi connectivity index (χ1v) is 19.2. The zero-order valence-corrected chi connectivity index (χ0v) is 31.3. The number of hydrogen-bond acceptors (Lipinski definition) is 5. The van der Waals surface area contributed by atoms with Gasteiger partial charge in [0, 0.05) is 27.8 Å². The minimum Gasteiger partial charge on any atom is -0.457 e. The Labute approximate surface area is 337 Å². The number of ether oxygens (including phenoxy) is 1. The number of hydrogen-bond donors (Lipinski definition) is 0. The summed E-state index contributed by atoms with van der Waals surface area (Å²) >= 11 is 0. The number of rotatable bonds is 7. The summed E-state index contributed by atoms with van der Waals surface area (Å²) in [7, 11) is 0. The second-order valence-corrected chi connectivity index (χ2v) is 14.3. The predicted molar refractivity (Wildman–Crippen MR) is 230 cm³/mol. The van der Waals surface area contributed by atoms with Gasteiger partial charge in [-0.1, -0.05) is 164 Å². The van der Waals surface area contributed by atoms with Gasteiger partial charge in [0.1, 0.15) is 11.5 Å². The van der Waals surface area contributed by atoms with Gasteiger partial charge in [-0.3, -0.25) is 0 Å². The maximum atomic E-state index is 9.34. The molecule has 272 valence electrons. The summed E-state index contributed by atoms with van der Waals surface area (Å²) in [6, 6.07) is 72.9. The number of para-hydroxylation sites is 1. The molecule has 5 nitrogen and oxygen atoms in total. The van der Waals surface area contributed by atoms with Crippen LogP contribution in [0.3, 0.4) is 0 Å². The third-order valence-corrected chi connectivity index (χ3v) is 10.9. The van der Waals surface area contributed by atoms with Crippen LogP contribution in [-0.4, -0.2) is 15.0 Å². The first kappa shape index (κ1) is 34.5. The number of aromatic nitrogens is 3. The summed E-state index contributed by atoms with van der Waals surface area (Å²) in [5.41, 5.74) is 11.5. The molecule has 0 saturated heterocycles. The fourth-order valence-corrected chi connectivity index (χ4v) is 8.13. The summed E-state index contributed by atoms with van der Waals surface area (Å²) in [5.74, 6) is 3.40. The SMILES string of the molecule is N#Cc1ccc(-c2nc(-c3ccccc3)nc(-c3cccc(-c4ccc(-c5ccc6c(c5)Oc5ccccc5C6(c5ccccc5)c5ccccc5)cc4)c3)n2)cc1. The van der Waals surface area contributed by atoms with Crippen LogP contribution in [0.1, 0.15) is 27.8 Å². The highest BCUT2D eigenvalue weighted by Crippen LogP contribution is 2.55. The monoisotopic (exact) mass is 742 g/mol. The van der Waals surface area contributed by atoms with E-state index < -0.39 is 5.41 Å². The van der Waals surface area contributed by atoms with Crippen LogP contribution in [0.2, 0.25) is 0 Å². The molecule has 1 aliphatic heterocycles. The summed E-state index contributed by atoms with van der Waals surface area (Å²) in [4.78, 5) is 14.7. The Morgan fingerprint density at radius 1 is 0.362 bits per heavy atom. The lowest BCUT2D eigenvalue weighted by Gasteiger charge is -2.41. The van der Waals surface area contributed by atoms with Crippen molar-refractivity contribution >= 4 is 0 Å². The van der Waals surface area contributed by atoms with Crippen molar-refractivity contribution < 1.29 is 4.74 Å². The van der Waals surface area contributed by atoms with Gasteiger partial charge >= 0.3 is 0 Å². The van der Waals surface area contributed by atoms with Gasteiger partial charge in [0.2, 0.25) is 0 Å². The average Bonchev–Trinajstić information content (AvgIpc) is 3.31. The number of fused-ring (bicyclic) bond motifs is 2. The van der Waals surface area contributed by atoms with Gasteiger partial charge in [-0.15, -0.1) is 0 Å². The quantitative estimate of drug-likeness (QED) is 0.163. The highest BCUT2D eigenvalue weighted by molar-refractivity contribution is 5.77. The van der Waals surface area contributed by atoms with E-state index in [0.717, 1.165) is 61.6 Å². The molecule has 0 fully saturated rings. The molecule has 1 aliphatic rings. The van der Waals surface area contributed by atoms with E-state index in [-0.39, 0.29) is 0 Å². The molecule has 0 spiro atoms. The van der Waals surface area contributed by atoms with Crippen LogP contribution in [-0.2, 0) is 5.41 Å². The van der Waals surface area contributed by atoms with Gasteiger partial charge < -0.3 is 4.74 Å². The smallest absolute Gasteiger partial charge is 0.164 e. The molecule has 9 aromatic rings. The fraction of sp³-hybridized carbons (Fsp3) is 0.0189. The Balaban J connectivity index is 1.01. The van der Waals surface area contributed by atoms with Crippen molar-refractivity contribution in [3.8, 4) is 74.0 Å². The van der Waals surface area contributed by atoms with Crippen LogP contribution in [0.15, 0.2) is 206 Å². The number of nitriles is 1. The lowest BCUT2D eigenvalue weighted by atomic mass is 9.63. The molecular weight excluding hydrogens is 709 g/mol. The maximum absolute atomic E-state index is 9.34. The summed E-state index contributed by atoms with van der Waals surface area (Å²) in [6.45, 7) is 0. The molecule has 58 heavy (non-hydrogen) atoms. The number of benzene rings is 8. The van der Waals surface area contributed by atoms with Crippen molar-refractivity contribution in [2.45, 2.75) is 5.41 Å². The summed E-state index contributed by atoms with van der Waals surface area (Å²) in [6.07, 6.45) is 0. The van der Waals surface area contributed by atoms with E-state index in [9.17, 15) is 5.26 Å². The molecule has 0 aliphatic carbocycles. The standard InChI is InChI=1S/C53H34N4O/c54-35-36-23-25-40(26-24-36)51-55-50(39-13-4-1-5-14-39)56-52(57-51)43-16-12-15-41(33-43)37-27-29-38(30-28-37)42-31-32-47-49(34-42)58-48-22-11-10-21-46(48)53(47,44-17-6-2-7-18-44)45-19-8-3-9-20-45/h1-34H. The predicted octanol–water partition coefficient (Wildman–Crippen LogP) is 12.6. The Morgan fingerprint density at radius 3 is 1.43 bits per heavy atom. The first-order chi connectivity index (χ1) is 28.7. The van der Waals surface area contributed by atoms with Crippen LogP contribution in [0, 0.1) is 11.3 Å². The van der Waals surface area contributed by atoms with Crippen molar-refractivity contribution in [2.24, 2.45) is 0 Å². The van der Waals surface area contributed by atoms with Gasteiger partial charge in [-0.2, -0.15) is 5.26 Å². The Bertz CT molecular complexity index is 2920. The minimum absolute atomic E-state index is 0.547. The molecule has 10 rings (SSSR count). The Kier molecular flexibility index (Phi) is 8.70. The molecule has 5 heteroatoms. The normalized spacial score (nSPS) is 12.4. The van der Waals surface area contributed by atoms with Crippen molar-refractivity contribution in [1.82, 2.24) is 15.0 Å². The number of nitrogens with zero attached hydrogens (tertiary/aromatic N) is 4. The fourth-order valence-electron chi connectivity index (χ4n) is 8.13.